The van der Waals surface area contributed by atoms with E-state index in [2.05, 4.69) is 20.4 Å². The molecule has 9 nitrogen and oxygen atoms in total. The number of carbonyl (C=O) groups is 3. The van der Waals surface area contributed by atoms with Crippen molar-refractivity contribution in [3.8, 4) is 11.1 Å². The molecule has 0 radical (unpaired) electrons. The summed E-state index contributed by atoms with van der Waals surface area (Å²) in [5.41, 5.74) is 3.81. The molecular weight excluding hydrogens is 529 g/mol. The smallest absolute Gasteiger partial charge is 0.336 e. The van der Waals surface area contributed by atoms with Gasteiger partial charge in [-0.05, 0) is 35.4 Å². The molecule has 1 amide bonds. The van der Waals surface area contributed by atoms with Gasteiger partial charge in [-0.3, -0.25) is 20.1 Å². The van der Waals surface area contributed by atoms with Crippen LogP contribution in [0.1, 0.15) is 40.4 Å². The van der Waals surface area contributed by atoms with Gasteiger partial charge in [0.25, 0.3) is 11.8 Å². The number of nitrogens with one attached hydrogen (secondary N) is 2. The number of hydrogen-bond donors (Lipinski definition) is 3. The highest BCUT2D eigenvalue weighted by Crippen LogP contribution is 2.26. The molecule has 202 valence electrons. The van der Waals surface area contributed by atoms with Crippen LogP contribution in [0.25, 0.3) is 11.1 Å². The van der Waals surface area contributed by atoms with Gasteiger partial charge >= 0.3 is 5.97 Å². The van der Waals surface area contributed by atoms with E-state index in [1.807, 2.05) is 0 Å². The van der Waals surface area contributed by atoms with Crippen LogP contribution in [0.2, 0.25) is 5.02 Å². The number of ketones is 1. The van der Waals surface area contributed by atoms with E-state index in [4.69, 9.17) is 11.6 Å². The normalized spacial score (nSPS) is 12.3. The first-order valence-electron chi connectivity index (χ1n) is 11.2. The Labute approximate surface area is 220 Å². The molecule has 0 saturated carbocycles. The molecule has 3 rings (SSSR count). The topological polar surface area (TPSA) is 125 Å². The third-order valence-electron chi connectivity index (χ3n) is 5.14. The van der Waals surface area contributed by atoms with E-state index in [1.54, 1.807) is 24.3 Å². The molecule has 2 aromatic carbocycles. The van der Waals surface area contributed by atoms with Crippen LogP contribution in [0.4, 0.5) is 13.2 Å². The summed E-state index contributed by atoms with van der Waals surface area (Å²) in [4.78, 5) is 36.2. The number of aromatic nitrogens is 2. The molecule has 0 aliphatic heterocycles. The fourth-order valence-corrected chi connectivity index (χ4v) is 3.45. The number of halogens is 4. The summed E-state index contributed by atoms with van der Waals surface area (Å²) in [6.45, 7) is 0.00565. The first-order chi connectivity index (χ1) is 17.8. The van der Waals surface area contributed by atoms with E-state index in [9.17, 15) is 32.7 Å². The van der Waals surface area contributed by atoms with Crippen LogP contribution in [-0.4, -0.2) is 63.2 Å². The van der Waals surface area contributed by atoms with Gasteiger partial charge in [0.05, 0.1) is 6.54 Å². The lowest BCUT2D eigenvalue weighted by atomic mass is 10.0. The van der Waals surface area contributed by atoms with Crippen LogP contribution in [0.3, 0.4) is 0 Å². The summed E-state index contributed by atoms with van der Waals surface area (Å²) >= 11 is 5.96. The molecule has 0 aliphatic carbocycles. The van der Waals surface area contributed by atoms with Crippen molar-refractivity contribution < 1.29 is 37.4 Å². The second-order valence-electron chi connectivity index (χ2n) is 8.56. The molecule has 0 fully saturated rings. The number of carbonyl (C=O) groups excluding carboxylic acids is 3. The van der Waals surface area contributed by atoms with Gasteiger partial charge in [-0.25, -0.2) is 23.0 Å². The second-order valence-corrected chi connectivity index (χ2v) is 9.00. The van der Waals surface area contributed by atoms with Crippen LogP contribution in [0.15, 0.2) is 48.5 Å². The Kier molecular flexibility index (Phi) is 9.26. The molecule has 1 atom stereocenters. The minimum atomic E-state index is -3.29. The van der Waals surface area contributed by atoms with E-state index in [0.29, 0.717) is 23.1 Å². The largest absolute Gasteiger partial charge is 0.457 e. The molecule has 0 saturated heterocycles. The number of nitrogens with zero attached hydrogens (tertiary/aromatic N) is 2. The average molecular weight is 553 g/mol. The van der Waals surface area contributed by atoms with E-state index < -0.39 is 42.9 Å². The van der Waals surface area contributed by atoms with E-state index in [0.717, 1.165) is 5.01 Å². The summed E-state index contributed by atoms with van der Waals surface area (Å²) in [5.74, 6) is -6.19. The summed E-state index contributed by atoms with van der Waals surface area (Å²) < 4.78 is 44.7. The quantitative estimate of drug-likeness (QED) is 0.188. The zero-order chi connectivity index (χ0) is 28.0. The molecule has 0 aliphatic rings. The monoisotopic (exact) mass is 552 g/mol. The fourth-order valence-electron chi connectivity index (χ4n) is 3.28. The van der Waals surface area contributed by atoms with Crippen molar-refractivity contribution in [1.29, 1.82) is 0 Å². The zero-order valence-corrected chi connectivity index (χ0v) is 21.1. The van der Waals surface area contributed by atoms with Gasteiger partial charge in [0.15, 0.2) is 18.5 Å². The Morgan fingerprint density at radius 1 is 1.18 bits per heavy atom. The lowest BCUT2D eigenvalue weighted by Gasteiger charge is -2.25. The van der Waals surface area contributed by atoms with Crippen LogP contribution in [-0.2, 0) is 16.1 Å². The van der Waals surface area contributed by atoms with Gasteiger partial charge in [-0.15, -0.1) is 0 Å². The van der Waals surface area contributed by atoms with Gasteiger partial charge in [0.2, 0.25) is 0 Å². The van der Waals surface area contributed by atoms with Gasteiger partial charge < -0.3 is 9.84 Å². The third-order valence-corrected chi connectivity index (χ3v) is 5.38. The van der Waals surface area contributed by atoms with Crippen LogP contribution >= 0.6 is 11.6 Å². The third kappa shape index (κ3) is 8.13. The number of esters is 1. The highest BCUT2D eigenvalue weighted by molar-refractivity contribution is 6.30. The maximum Gasteiger partial charge on any atom is 0.336 e. The Morgan fingerprint density at radius 3 is 2.47 bits per heavy atom. The minimum Gasteiger partial charge on any atom is -0.457 e. The van der Waals surface area contributed by atoms with Gasteiger partial charge in [-0.1, -0.05) is 35.9 Å². The van der Waals surface area contributed by atoms with Crippen molar-refractivity contribution in [3.05, 3.63) is 76.3 Å². The van der Waals surface area contributed by atoms with Crippen molar-refractivity contribution in [2.75, 3.05) is 13.2 Å². The number of hydrazine groups is 1. The van der Waals surface area contributed by atoms with Crippen LogP contribution in [0, 0.1) is 5.82 Å². The molecule has 1 unspecified atom stereocenters. The molecule has 3 N–H and O–H groups in total. The predicted molar refractivity (Wildman–Crippen MR) is 131 cm³/mol. The van der Waals surface area contributed by atoms with Crippen LogP contribution in [0.5, 0.6) is 0 Å². The number of ether oxygens (including phenoxy) is 1. The van der Waals surface area contributed by atoms with E-state index in [1.165, 1.54) is 31.2 Å². The van der Waals surface area contributed by atoms with Gasteiger partial charge in [-0.2, -0.15) is 5.10 Å². The SMILES string of the molecule is CC(=O)c1cc(C(=O)NN(Cc2ccc(-c3cc(Cl)ccc3F)cc2)CC(O)C(=O)OCC(C)(F)F)[nH]n1. The van der Waals surface area contributed by atoms with Gasteiger partial charge in [0, 0.05) is 31.0 Å². The van der Waals surface area contributed by atoms with Crippen molar-refractivity contribution in [2.24, 2.45) is 0 Å². The average Bonchev–Trinajstić information content (AvgIpc) is 3.35. The number of hydrogen-bond acceptors (Lipinski definition) is 7. The summed E-state index contributed by atoms with van der Waals surface area (Å²) in [7, 11) is 0. The molecule has 38 heavy (non-hydrogen) atoms. The molecule has 3 aromatic rings. The van der Waals surface area contributed by atoms with Crippen LogP contribution < -0.4 is 5.43 Å². The Hall–Kier alpha value is -3.74. The molecule has 1 heterocycles. The molecule has 0 bridgehead atoms. The van der Waals surface area contributed by atoms with Crippen molar-refractivity contribution >= 4 is 29.3 Å². The molecular formula is C25H24ClF3N4O5. The number of aliphatic hydroxyl groups is 1. The maximum atomic E-state index is 14.2. The molecule has 0 spiro atoms. The van der Waals surface area contributed by atoms with E-state index in [-0.39, 0.29) is 29.3 Å². The number of alkyl halides is 2. The van der Waals surface area contributed by atoms with E-state index >= 15 is 0 Å². The standard InChI is InChI=1S/C25H24ClF3N4O5/c1-14(34)20-10-21(31-30-20)23(36)32-33(12-22(35)24(37)38-13-25(2,28)29)11-15-3-5-16(6-4-15)18-9-17(26)7-8-19(18)27/h3-10,22,35H,11-13H2,1-2H3,(H,30,31)(H,32,36). The van der Waals surface area contributed by atoms with Crippen molar-refractivity contribution in [1.82, 2.24) is 20.6 Å². The Bertz CT molecular complexity index is 1310. The highest BCUT2D eigenvalue weighted by atomic mass is 35.5. The number of aliphatic hydroxyl groups excluding tert-OH is 1. The number of benzene rings is 2. The van der Waals surface area contributed by atoms with Crippen molar-refractivity contribution in [3.63, 3.8) is 0 Å². The number of H-pyrrole nitrogens is 1. The summed E-state index contributed by atoms with van der Waals surface area (Å²) in [5, 5.41) is 17.9. The Morgan fingerprint density at radius 2 is 1.87 bits per heavy atom. The Balaban J connectivity index is 1.77. The number of aromatic amines is 1. The number of rotatable bonds is 11. The highest BCUT2D eigenvalue weighted by Gasteiger charge is 2.28. The summed E-state index contributed by atoms with van der Waals surface area (Å²) in [6.07, 6.45) is -1.88. The predicted octanol–water partition coefficient (Wildman–Crippen LogP) is 3.78. The second kappa shape index (κ2) is 12.2. The minimum absolute atomic E-state index is 0.0228. The lowest BCUT2D eigenvalue weighted by Crippen LogP contribution is -2.48. The number of Topliss-reactive ketones (excluding diaryl/α,β-unsaturated/α-hetero) is 1. The molecule has 1 aromatic heterocycles. The lowest BCUT2D eigenvalue weighted by molar-refractivity contribution is -0.164. The van der Waals surface area contributed by atoms with Gasteiger partial charge in [0.1, 0.15) is 17.2 Å². The maximum absolute atomic E-state index is 14.2. The van der Waals surface area contributed by atoms with Crippen molar-refractivity contribution in [2.45, 2.75) is 32.4 Å². The first-order valence-corrected chi connectivity index (χ1v) is 11.6. The summed E-state index contributed by atoms with van der Waals surface area (Å²) in [6, 6.07) is 11.8. The number of amides is 1. The molecule has 13 heteroatoms. The zero-order valence-electron chi connectivity index (χ0n) is 20.3. The fraction of sp³-hybridized carbons (Fsp3) is 0.280. The first kappa shape index (κ1) is 28.8.